The molecule has 0 spiro atoms. The number of benzene rings is 1. The molecule has 0 fully saturated rings. The number of carbonyl (C=O) groups is 1. The Labute approximate surface area is 109 Å². The fourth-order valence-electron chi connectivity index (χ4n) is 1.96. The maximum atomic E-state index is 11.1. The monoisotopic (exact) mass is 253 g/mol. The summed E-state index contributed by atoms with van der Waals surface area (Å²) >= 11 is 0. The van der Waals surface area contributed by atoms with Crippen molar-refractivity contribution in [3.63, 3.8) is 0 Å². The summed E-state index contributed by atoms with van der Waals surface area (Å²) in [5, 5.41) is 7.91. The van der Waals surface area contributed by atoms with Gasteiger partial charge in [0.2, 0.25) is 0 Å². The highest BCUT2D eigenvalue weighted by Crippen LogP contribution is 2.24. The lowest BCUT2D eigenvalue weighted by Crippen LogP contribution is -1.99. The van der Waals surface area contributed by atoms with E-state index in [-0.39, 0.29) is 5.69 Å². The minimum absolute atomic E-state index is 0.261. The zero-order valence-electron chi connectivity index (χ0n) is 10.3. The van der Waals surface area contributed by atoms with Crippen LogP contribution in [0.15, 0.2) is 47.1 Å². The Hall–Kier alpha value is -2.69. The Bertz CT molecular complexity index is 714. The molecule has 1 aromatic carbocycles. The number of nitrogens with zero attached hydrogens (tertiary/aromatic N) is 3. The fraction of sp³-hybridized carbons (Fsp3) is 0.0714. The van der Waals surface area contributed by atoms with Crippen LogP contribution < -0.4 is 0 Å². The quantitative estimate of drug-likeness (QED) is 0.673. The fourth-order valence-corrected chi connectivity index (χ4v) is 1.96. The third-order valence-electron chi connectivity index (χ3n) is 2.81. The standard InChI is InChI=1S/C14H11N3O2/c1-10-4-2-5-11(8-10)17-14(12(9-18)15-16-17)13-6-3-7-19-13/h2-9H,1H3. The number of furan rings is 1. The van der Waals surface area contributed by atoms with E-state index < -0.39 is 0 Å². The molecule has 0 aliphatic carbocycles. The number of carbonyl (C=O) groups excluding carboxylic acids is 1. The van der Waals surface area contributed by atoms with Crippen LogP contribution in [-0.2, 0) is 0 Å². The van der Waals surface area contributed by atoms with Crippen LogP contribution in [0.2, 0.25) is 0 Å². The van der Waals surface area contributed by atoms with Crippen molar-refractivity contribution < 1.29 is 9.21 Å². The first-order valence-corrected chi connectivity index (χ1v) is 5.81. The van der Waals surface area contributed by atoms with Gasteiger partial charge in [-0.25, -0.2) is 4.68 Å². The van der Waals surface area contributed by atoms with Gasteiger partial charge in [-0.2, -0.15) is 0 Å². The number of aldehydes is 1. The van der Waals surface area contributed by atoms with E-state index in [1.807, 2.05) is 31.2 Å². The third kappa shape index (κ3) is 1.95. The minimum Gasteiger partial charge on any atom is -0.463 e. The van der Waals surface area contributed by atoms with Crippen LogP contribution in [0.3, 0.4) is 0 Å². The van der Waals surface area contributed by atoms with Gasteiger partial charge >= 0.3 is 0 Å². The molecule has 5 heteroatoms. The van der Waals surface area contributed by atoms with E-state index in [4.69, 9.17) is 4.42 Å². The van der Waals surface area contributed by atoms with E-state index in [1.165, 1.54) is 0 Å². The molecule has 19 heavy (non-hydrogen) atoms. The second kappa shape index (κ2) is 4.53. The Balaban J connectivity index is 2.23. The molecular formula is C14H11N3O2. The third-order valence-corrected chi connectivity index (χ3v) is 2.81. The zero-order valence-corrected chi connectivity index (χ0v) is 10.3. The maximum absolute atomic E-state index is 11.1. The van der Waals surface area contributed by atoms with Gasteiger partial charge < -0.3 is 4.42 Å². The SMILES string of the molecule is Cc1cccc(-n2nnc(C=O)c2-c2ccco2)c1. The van der Waals surface area contributed by atoms with Crippen molar-refractivity contribution in [3.05, 3.63) is 53.9 Å². The van der Waals surface area contributed by atoms with Gasteiger partial charge in [0.1, 0.15) is 5.69 Å². The topological polar surface area (TPSA) is 60.9 Å². The summed E-state index contributed by atoms with van der Waals surface area (Å²) in [6.07, 6.45) is 2.23. The first kappa shape index (κ1) is 11.4. The van der Waals surface area contributed by atoms with E-state index in [2.05, 4.69) is 10.3 Å². The van der Waals surface area contributed by atoms with Gasteiger partial charge in [0.15, 0.2) is 17.7 Å². The van der Waals surface area contributed by atoms with E-state index >= 15 is 0 Å². The second-order valence-corrected chi connectivity index (χ2v) is 4.17. The molecule has 2 heterocycles. The van der Waals surface area contributed by atoms with Crippen molar-refractivity contribution in [2.45, 2.75) is 6.92 Å². The van der Waals surface area contributed by atoms with Crippen LogP contribution in [0.1, 0.15) is 16.1 Å². The molecule has 0 unspecified atom stereocenters. The summed E-state index contributed by atoms with van der Waals surface area (Å²) in [5.74, 6) is 0.564. The lowest BCUT2D eigenvalue weighted by molar-refractivity contribution is 0.111. The number of hydrogen-bond acceptors (Lipinski definition) is 4. The number of aromatic nitrogens is 3. The lowest BCUT2D eigenvalue weighted by atomic mass is 10.2. The summed E-state index contributed by atoms with van der Waals surface area (Å²) in [6.45, 7) is 1.99. The van der Waals surface area contributed by atoms with Gasteiger partial charge in [0.25, 0.3) is 0 Å². The molecule has 5 nitrogen and oxygen atoms in total. The van der Waals surface area contributed by atoms with Crippen molar-refractivity contribution in [3.8, 4) is 17.1 Å². The van der Waals surface area contributed by atoms with E-state index in [0.29, 0.717) is 17.7 Å². The molecule has 0 saturated carbocycles. The Kier molecular flexibility index (Phi) is 2.72. The summed E-state index contributed by atoms with van der Waals surface area (Å²) in [7, 11) is 0. The van der Waals surface area contributed by atoms with Gasteiger partial charge in [-0.3, -0.25) is 4.79 Å². The molecule has 0 bridgehead atoms. The molecule has 0 atom stereocenters. The number of hydrogen-bond donors (Lipinski definition) is 0. The predicted molar refractivity (Wildman–Crippen MR) is 69.2 cm³/mol. The molecule has 3 rings (SSSR count). The van der Waals surface area contributed by atoms with Crippen LogP contribution >= 0.6 is 0 Å². The van der Waals surface area contributed by atoms with Gasteiger partial charge in [0, 0.05) is 0 Å². The molecule has 0 saturated heterocycles. The molecule has 0 aliphatic heterocycles. The van der Waals surface area contributed by atoms with Crippen molar-refractivity contribution >= 4 is 6.29 Å². The number of rotatable bonds is 3. The van der Waals surface area contributed by atoms with Crippen LogP contribution in [-0.4, -0.2) is 21.3 Å². The molecule has 0 N–H and O–H groups in total. The van der Waals surface area contributed by atoms with Gasteiger partial charge in [-0.05, 0) is 36.8 Å². The van der Waals surface area contributed by atoms with E-state index in [0.717, 1.165) is 11.3 Å². The van der Waals surface area contributed by atoms with Crippen molar-refractivity contribution in [2.75, 3.05) is 0 Å². The molecular weight excluding hydrogens is 242 g/mol. The van der Waals surface area contributed by atoms with Crippen LogP contribution in [0.25, 0.3) is 17.1 Å². The average Bonchev–Trinajstić information content (AvgIpc) is 3.07. The Morgan fingerprint density at radius 1 is 1.26 bits per heavy atom. The highest BCUT2D eigenvalue weighted by molar-refractivity contribution is 5.82. The normalized spacial score (nSPS) is 10.6. The number of aryl methyl sites for hydroxylation is 1. The maximum Gasteiger partial charge on any atom is 0.172 e. The summed E-state index contributed by atoms with van der Waals surface area (Å²) in [4.78, 5) is 11.1. The molecule has 3 aromatic rings. The van der Waals surface area contributed by atoms with Crippen molar-refractivity contribution in [2.24, 2.45) is 0 Å². The van der Waals surface area contributed by atoms with Gasteiger partial charge in [0.05, 0.1) is 12.0 Å². The molecule has 0 amide bonds. The highest BCUT2D eigenvalue weighted by atomic mass is 16.3. The largest absolute Gasteiger partial charge is 0.463 e. The first-order chi connectivity index (χ1) is 9.29. The minimum atomic E-state index is 0.261. The van der Waals surface area contributed by atoms with Gasteiger partial charge in [-0.1, -0.05) is 17.3 Å². The van der Waals surface area contributed by atoms with Crippen molar-refractivity contribution in [1.82, 2.24) is 15.0 Å². The second-order valence-electron chi connectivity index (χ2n) is 4.17. The summed E-state index contributed by atoms with van der Waals surface area (Å²) < 4.78 is 6.96. The van der Waals surface area contributed by atoms with Crippen LogP contribution in [0, 0.1) is 6.92 Å². The molecule has 0 radical (unpaired) electrons. The Morgan fingerprint density at radius 2 is 2.16 bits per heavy atom. The summed E-state index contributed by atoms with van der Waals surface area (Å²) in [6, 6.07) is 11.3. The zero-order chi connectivity index (χ0) is 13.2. The summed E-state index contributed by atoms with van der Waals surface area (Å²) in [5.41, 5.74) is 2.76. The molecule has 94 valence electrons. The predicted octanol–water partition coefficient (Wildman–Crippen LogP) is 2.65. The molecule has 2 aromatic heterocycles. The molecule has 0 aliphatic rings. The Morgan fingerprint density at radius 3 is 2.84 bits per heavy atom. The van der Waals surface area contributed by atoms with E-state index in [1.54, 1.807) is 23.1 Å². The first-order valence-electron chi connectivity index (χ1n) is 5.81. The van der Waals surface area contributed by atoms with Crippen LogP contribution in [0.5, 0.6) is 0 Å². The average molecular weight is 253 g/mol. The van der Waals surface area contributed by atoms with Gasteiger partial charge in [-0.15, -0.1) is 5.10 Å². The van der Waals surface area contributed by atoms with Crippen molar-refractivity contribution in [1.29, 1.82) is 0 Å². The smallest absolute Gasteiger partial charge is 0.172 e. The highest BCUT2D eigenvalue weighted by Gasteiger charge is 2.17. The lowest BCUT2D eigenvalue weighted by Gasteiger charge is -2.05. The van der Waals surface area contributed by atoms with E-state index in [9.17, 15) is 4.79 Å². The van der Waals surface area contributed by atoms with Crippen LogP contribution in [0.4, 0.5) is 0 Å².